The predicted octanol–water partition coefficient (Wildman–Crippen LogP) is 3.47. The van der Waals surface area contributed by atoms with Crippen LogP contribution in [0.5, 0.6) is 0 Å². The molecule has 1 aromatic rings. The topological polar surface area (TPSA) is 33.0 Å². The van der Waals surface area contributed by atoms with E-state index in [0.717, 1.165) is 12.0 Å². The highest BCUT2D eigenvalue weighted by Crippen LogP contribution is 2.36. The van der Waals surface area contributed by atoms with Crippen molar-refractivity contribution in [3.05, 3.63) is 33.8 Å². The second kappa shape index (κ2) is 4.63. The summed E-state index contributed by atoms with van der Waals surface area (Å²) in [4.78, 5) is 0. The average Bonchev–Trinajstić information content (AvgIpc) is 2.73. The summed E-state index contributed by atoms with van der Waals surface area (Å²) in [7, 11) is 0. The van der Waals surface area contributed by atoms with Crippen molar-refractivity contribution in [3.8, 4) is 6.07 Å². The van der Waals surface area contributed by atoms with Gasteiger partial charge < -0.3 is 4.74 Å². The van der Waals surface area contributed by atoms with Crippen LogP contribution in [0, 0.1) is 16.7 Å². The molecule has 0 saturated carbocycles. The van der Waals surface area contributed by atoms with Gasteiger partial charge in [0.15, 0.2) is 0 Å². The van der Waals surface area contributed by atoms with Gasteiger partial charge in [-0.05, 0) is 30.5 Å². The Balaban J connectivity index is 2.30. The number of nitrogens with zero attached hydrogens (tertiary/aromatic N) is 1. The van der Waals surface area contributed by atoms with Gasteiger partial charge in [-0.3, -0.25) is 0 Å². The molecule has 0 aliphatic carbocycles. The van der Waals surface area contributed by atoms with Gasteiger partial charge in [0.1, 0.15) is 0 Å². The van der Waals surface area contributed by atoms with E-state index in [9.17, 15) is 5.26 Å². The molecule has 0 radical (unpaired) electrons. The Hall–Kier alpha value is -0.750. The van der Waals surface area contributed by atoms with E-state index in [0.29, 0.717) is 29.7 Å². The quantitative estimate of drug-likeness (QED) is 0.811. The maximum Gasteiger partial charge on any atom is 0.0869 e. The lowest BCUT2D eigenvalue weighted by atomic mass is 9.82. The van der Waals surface area contributed by atoms with Crippen molar-refractivity contribution < 1.29 is 4.74 Å². The minimum Gasteiger partial charge on any atom is -0.380 e. The number of rotatable bonds is 2. The molecule has 1 fully saturated rings. The van der Waals surface area contributed by atoms with E-state index in [-0.39, 0.29) is 0 Å². The molecule has 1 aliphatic rings. The molecule has 0 amide bonds. The molecule has 1 atom stereocenters. The monoisotopic (exact) mass is 255 g/mol. The third-order valence-corrected chi connectivity index (χ3v) is 3.63. The zero-order chi connectivity index (χ0) is 11.6. The first kappa shape index (κ1) is 11.7. The molecule has 2 nitrogen and oxygen atoms in total. The van der Waals surface area contributed by atoms with E-state index in [1.165, 1.54) is 0 Å². The number of nitriles is 1. The number of benzene rings is 1. The van der Waals surface area contributed by atoms with Gasteiger partial charge in [0, 0.05) is 16.7 Å². The lowest BCUT2D eigenvalue weighted by Gasteiger charge is -2.19. The van der Waals surface area contributed by atoms with Crippen LogP contribution >= 0.6 is 23.2 Å². The van der Waals surface area contributed by atoms with E-state index in [4.69, 9.17) is 27.9 Å². The smallest absolute Gasteiger partial charge is 0.0869 e. The molecule has 1 aromatic carbocycles. The van der Waals surface area contributed by atoms with Gasteiger partial charge in [-0.25, -0.2) is 0 Å². The summed E-state index contributed by atoms with van der Waals surface area (Å²) in [5, 5.41) is 10.5. The Morgan fingerprint density at radius 3 is 2.56 bits per heavy atom. The SMILES string of the molecule is N#CC1(Cc2c(Cl)cccc2Cl)CCOC1. The van der Waals surface area contributed by atoms with Gasteiger partial charge in [-0.2, -0.15) is 5.26 Å². The van der Waals surface area contributed by atoms with Gasteiger partial charge in [0.2, 0.25) is 0 Å². The first-order valence-electron chi connectivity index (χ1n) is 5.09. The summed E-state index contributed by atoms with van der Waals surface area (Å²) in [6.45, 7) is 1.10. The highest BCUT2D eigenvalue weighted by atomic mass is 35.5. The van der Waals surface area contributed by atoms with Crippen LogP contribution in [0.3, 0.4) is 0 Å². The van der Waals surface area contributed by atoms with Crippen LogP contribution in [0.4, 0.5) is 0 Å². The second-order valence-corrected chi connectivity index (χ2v) is 4.89. The van der Waals surface area contributed by atoms with Crippen molar-refractivity contribution in [3.63, 3.8) is 0 Å². The van der Waals surface area contributed by atoms with E-state index >= 15 is 0 Å². The van der Waals surface area contributed by atoms with Crippen LogP contribution < -0.4 is 0 Å². The summed E-state index contributed by atoms with van der Waals surface area (Å²) in [5.74, 6) is 0. The van der Waals surface area contributed by atoms with Gasteiger partial charge in [0.25, 0.3) is 0 Å². The highest BCUT2D eigenvalue weighted by Gasteiger charge is 2.36. The summed E-state index contributed by atoms with van der Waals surface area (Å²) in [6, 6.07) is 7.73. The molecular weight excluding hydrogens is 245 g/mol. The highest BCUT2D eigenvalue weighted by molar-refractivity contribution is 6.36. The van der Waals surface area contributed by atoms with Crippen LogP contribution in [0.2, 0.25) is 10.0 Å². The second-order valence-electron chi connectivity index (χ2n) is 4.07. The zero-order valence-corrected chi connectivity index (χ0v) is 10.2. The molecular formula is C12H11Cl2NO. The fraction of sp³-hybridized carbons (Fsp3) is 0.417. The third kappa shape index (κ3) is 2.17. The predicted molar refractivity (Wildman–Crippen MR) is 63.6 cm³/mol. The van der Waals surface area contributed by atoms with Gasteiger partial charge in [-0.15, -0.1) is 0 Å². The van der Waals surface area contributed by atoms with Gasteiger partial charge in [-0.1, -0.05) is 29.3 Å². The Bertz CT molecular complexity index is 413. The largest absolute Gasteiger partial charge is 0.380 e. The Kier molecular flexibility index (Phi) is 3.39. The molecule has 0 aromatic heterocycles. The minimum atomic E-state index is -0.464. The standard InChI is InChI=1S/C12H11Cl2NO/c13-10-2-1-3-11(14)9(10)6-12(7-15)4-5-16-8-12/h1-3H,4-6,8H2. The number of hydrogen-bond acceptors (Lipinski definition) is 2. The molecule has 1 aliphatic heterocycles. The third-order valence-electron chi connectivity index (χ3n) is 2.92. The maximum atomic E-state index is 9.24. The summed E-state index contributed by atoms with van der Waals surface area (Å²) in [5.41, 5.74) is 0.382. The Morgan fingerprint density at radius 2 is 2.06 bits per heavy atom. The van der Waals surface area contributed by atoms with Crippen molar-refractivity contribution >= 4 is 23.2 Å². The zero-order valence-electron chi connectivity index (χ0n) is 8.67. The molecule has 0 spiro atoms. The number of halogens is 2. The molecule has 1 saturated heterocycles. The number of hydrogen-bond donors (Lipinski definition) is 0. The van der Waals surface area contributed by atoms with E-state index < -0.39 is 5.41 Å². The first-order valence-corrected chi connectivity index (χ1v) is 5.84. The van der Waals surface area contributed by atoms with Crippen molar-refractivity contribution in [1.29, 1.82) is 5.26 Å². The minimum absolute atomic E-state index is 0.463. The van der Waals surface area contributed by atoms with Gasteiger partial charge in [0.05, 0.1) is 18.1 Å². The van der Waals surface area contributed by atoms with E-state index in [1.807, 2.05) is 0 Å². The van der Waals surface area contributed by atoms with Crippen molar-refractivity contribution in [2.75, 3.05) is 13.2 Å². The fourth-order valence-corrected chi connectivity index (χ4v) is 2.45. The molecule has 4 heteroatoms. The van der Waals surface area contributed by atoms with Crippen LogP contribution in [0.15, 0.2) is 18.2 Å². The van der Waals surface area contributed by atoms with Gasteiger partial charge >= 0.3 is 0 Å². The lowest BCUT2D eigenvalue weighted by Crippen LogP contribution is -2.22. The van der Waals surface area contributed by atoms with Crippen molar-refractivity contribution in [1.82, 2.24) is 0 Å². The molecule has 0 N–H and O–H groups in total. The van der Waals surface area contributed by atoms with Crippen LogP contribution in [-0.2, 0) is 11.2 Å². The fourth-order valence-electron chi connectivity index (χ4n) is 1.91. The number of ether oxygens (including phenoxy) is 1. The summed E-state index contributed by atoms with van der Waals surface area (Å²) < 4.78 is 5.29. The maximum absolute atomic E-state index is 9.24. The van der Waals surface area contributed by atoms with Crippen LogP contribution in [0.25, 0.3) is 0 Å². The van der Waals surface area contributed by atoms with Crippen LogP contribution in [-0.4, -0.2) is 13.2 Å². The molecule has 1 unspecified atom stereocenters. The molecule has 0 bridgehead atoms. The Labute approximate surface area is 105 Å². The van der Waals surface area contributed by atoms with Crippen molar-refractivity contribution in [2.24, 2.45) is 5.41 Å². The molecule has 84 valence electrons. The van der Waals surface area contributed by atoms with E-state index in [1.54, 1.807) is 18.2 Å². The molecule has 1 heterocycles. The van der Waals surface area contributed by atoms with E-state index in [2.05, 4.69) is 6.07 Å². The first-order chi connectivity index (χ1) is 7.67. The summed E-state index contributed by atoms with van der Waals surface area (Å²) >= 11 is 12.2. The lowest BCUT2D eigenvalue weighted by molar-refractivity contribution is 0.171. The molecule has 2 rings (SSSR count). The van der Waals surface area contributed by atoms with Crippen molar-refractivity contribution in [2.45, 2.75) is 12.8 Å². The normalized spacial score (nSPS) is 24.3. The average molecular weight is 256 g/mol. The van der Waals surface area contributed by atoms with Crippen LogP contribution in [0.1, 0.15) is 12.0 Å². The Morgan fingerprint density at radius 1 is 1.38 bits per heavy atom. The molecule has 16 heavy (non-hydrogen) atoms. The summed E-state index contributed by atoms with van der Waals surface area (Å²) in [6.07, 6.45) is 1.30.